The Labute approximate surface area is 156 Å². The molecular formula is C23H18FNO2. The number of hydrogen-bond donors (Lipinski definition) is 0. The minimum Gasteiger partial charge on any atom is -0.497 e. The zero-order valence-corrected chi connectivity index (χ0v) is 14.9. The first kappa shape index (κ1) is 17.0. The molecule has 0 atom stereocenters. The highest BCUT2D eigenvalue weighted by Crippen LogP contribution is 2.26. The first-order chi connectivity index (χ1) is 13.2. The van der Waals surface area contributed by atoms with E-state index in [2.05, 4.69) is 0 Å². The summed E-state index contributed by atoms with van der Waals surface area (Å²) in [4.78, 5) is 13.0. The molecule has 3 nitrogen and oxygen atoms in total. The molecule has 0 saturated heterocycles. The minimum atomic E-state index is -0.332. The van der Waals surface area contributed by atoms with Gasteiger partial charge in [-0.05, 0) is 46.8 Å². The van der Waals surface area contributed by atoms with Crippen LogP contribution in [0.2, 0.25) is 0 Å². The third-order valence-corrected chi connectivity index (χ3v) is 4.66. The van der Waals surface area contributed by atoms with Gasteiger partial charge in [0.1, 0.15) is 11.6 Å². The number of hydrogen-bond acceptors (Lipinski definition) is 2. The molecule has 134 valence electrons. The van der Waals surface area contributed by atoms with Gasteiger partial charge in [-0.15, -0.1) is 0 Å². The van der Waals surface area contributed by atoms with Gasteiger partial charge in [0.2, 0.25) is 0 Å². The van der Waals surface area contributed by atoms with Crippen molar-refractivity contribution < 1.29 is 9.13 Å². The lowest BCUT2D eigenvalue weighted by Crippen LogP contribution is -2.20. The first-order valence-corrected chi connectivity index (χ1v) is 8.67. The van der Waals surface area contributed by atoms with E-state index in [1.54, 1.807) is 30.0 Å². The van der Waals surface area contributed by atoms with E-state index in [1.807, 2.05) is 54.6 Å². The summed E-state index contributed by atoms with van der Waals surface area (Å²) in [6.45, 7) is 0.441. The van der Waals surface area contributed by atoms with Gasteiger partial charge in [-0.2, -0.15) is 0 Å². The van der Waals surface area contributed by atoms with Crippen molar-refractivity contribution in [3.05, 3.63) is 101 Å². The molecule has 0 spiro atoms. The lowest BCUT2D eigenvalue weighted by molar-refractivity contribution is 0.414. The van der Waals surface area contributed by atoms with Crippen molar-refractivity contribution in [3.63, 3.8) is 0 Å². The topological polar surface area (TPSA) is 31.2 Å². The number of methoxy groups -OCH3 is 1. The zero-order chi connectivity index (χ0) is 18.8. The van der Waals surface area contributed by atoms with Crippen LogP contribution in [0, 0.1) is 5.82 Å². The third-order valence-electron chi connectivity index (χ3n) is 4.66. The Kier molecular flexibility index (Phi) is 4.47. The normalized spacial score (nSPS) is 10.9. The molecule has 4 aromatic rings. The van der Waals surface area contributed by atoms with E-state index in [0.29, 0.717) is 22.9 Å². The average Bonchev–Trinajstić information content (AvgIpc) is 2.71. The molecule has 0 aliphatic carbocycles. The van der Waals surface area contributed by atoms with Gasteiger partial charge in [-0.3, -0.25) is 4.79 Å². The largest absolute Gasteiger partial charge is 0.497 e. The number of nitrogens with zero attached hydrogens (tertiary/aromatic N) is 1. The molecule has 1 aromatic heterocycles. The third kappa shape index (κ3) is 3.34. The minimum absolute atomic E-state index is 0.138. The molecule has 0 bridgehead atoms. The fraction of sp³-hybridized carbons (Fsp3) is 0.0870. The van der Waals surface area contributed by atoms with E-state index >= 15 is 0 Å². The van der Waals surface area contributed by atoms with Gasteiger partial charge in [0.05, 0.1) is 13.7 Å². The maximum atomic E-state index is 14.5. The summed E-state index contributed by atoms with van der Waals surface area (Å²) in [7, 11) is 1.62. The molecule has 4 heteroatoms. The Morgan fingerprint density at radius 1 is 0.963 bits per heavy atom. The van der Waals surface area contributed by atoms with Crippen LogP contribution in [0.25, 0.3) is 21.9 Å². The van der Waals surface area contributed by atoms with Gasteiger partial charge >= 0.3 is 0 Å². The Bertz CT molecular complexity index is 1150. The van der Waals surface area contributed by atoms with Crippen LogP contribution in [0.15, 0.2) is 83.8 Å². The van der Waals surface area contributed by atoms with E-state index in [1.165, 1.54) is 6.07 Å². The summed E-state index contributed by atoms with van der Waals surface area (Å²) in [5, 5.41) is 1.11. The molecule has 1 heterocycles. The molecule has 0 amide bonds. The average molecular weight is 359 g/mol. The van der Waals surface area contributed by atoms with Crippen molar-refractivity contribution >= 4 is 10.8 Å². The summed E-state index contributed by atoms with van der Waals surface area (Å²) in [6.07, 6.45) is 1.70. The molecule has 0 fully saturated rings. The van der Waals surface area contributed by atoms with Gasteiger partial charge in [0, 0.05) is 17.1 Å². The number of benzene rings is 3. The monoisotopic (exact) mass is 359 g/mol. The second kappa shape index (κ2) is 7.08. The molecule has 0 aliphatic rings. The van der Waals surface area contributed by atoms with Gasteiger partial charge < -0.3 is 9.30 Å². The van der Waals surface area contributed by atoms with Crippen molar-refractivity contribution in [2.45, 2.75) is 6.54 Å². The number of rotatable bonds is 4. The highest BCUT2D eigenvalue weighted by Gasteiger charge is 2.11. The Morgan fingerprint density at radius 3 is 2.41 bits per heavy atom. The lowest BCUT2D eigenvalue weighted by atomic mass is 10.0. The summed E-state index contributed by atoms with van der Waals surface area (Å²) in [5.41, 5.74) is 2.03. The van der Waals surface area contributed by atoms with Crippen molar-refractivity contribution in [2.24, 2.45) is 0 Å². The number of pyridine rings is 1. The standard InChI is InChI=1S/C23H18FNO2/c1-27-19-9-7-16(8-10-19)15-25-12-11-18-13-22(24)20(14-21(18)23(25)26)17-5-3-2-4-6-17/h2-14H,15H2,1H3. The first-order valence-electron chi connectivity index (χ1n) is 8.67. The lowest BCUT2D eigenvalue weighted by Gasteiger charge is -2.10. The van der Waals surface area contributed by atoms with E-state index in [-0.39, 0.29) is 11.4 Å². The molecule has 0 aliphatic heterocycles. The Hall–Kier alpha value is -3.40. The zero-order valence-electron chi connectivity index (χ0n) is 14.9. The molecule has 4 rings (SSSR count). The van der Waals surface area contributed by atoms with Gasteiger partial charge in [0.25, 0.3) is 5.56 Å². The molecule has 0 radical (unpaired) electrons. The van der Waals surface area contributed by atoms with Crippen LogP contribution in [0.3, 0.4) is 0 Å². The summed E-state index contributed by atoms with van der Waals surface area (Å²) in [5.74, 6) is 0.439. The predicted molar refractivity (Wildman–Crippen MR) is 106 cm³/mol. The van der Waals surface area contributed by atoms with Crippen LogP contribution in [0.5, 0.6) is 5.75 Å². The Morgan fingerprint density at radius 2 is 1.70 bits per heavy atom. The van der Waals surface area contributed by atoms with Crippen molar-refractivity contribution in [3.8, 4) is 16.9 Å². The maximum absolute atomic E-state index is 14.5. The highest BCUT2D eigenvalue weighted by molar-refractivity contribution is 5.86. The fourth-order valence-corrected chi connectivity index (χ4v) is 3.20. The SMILES string of the molecule is COc1ccc(Cn2ccc3cc(F)c(-c4ccccc4)cc3c2=O)cc1. The highest BCUT2D eigenvalue weighted by atomic mass is 19.1. The molecule has 27 heavy (non-hydrogen) atoms. The van der Waals surface area contributed by atoms with E-state index in [4.69, 9.17) is 4.74 Å². The summed E-state index contributed by atoms with van der Waals surface area (Å²) in [6, 6.07) is 21.7. The van der Waals surface area contributed by atoms with Crippen LogP contribution < -0.4 is 10.3 Å². The second-order valence-electron chi connectivity index (χ2n) is 6.38. The molecule has 0 saturated carbocycles. The van der Waals surface area contributed by atoms with E-state index in [9.17, 15) is 9.18 Å². The number of aromatic nitrogens is 1. The van der Waals surface area contributed by atoms with Crippen LogP contribution >= 0.6 is 0 Å². The van der Waals surface area contributed by atoms with Crippen LogP contribution in [-0.2, 0) is 6.54 Å². The molecular weight excluding hydrogens is 341 g/mol. The maximum Gasteiger partial charge on any atom is 0.258 e. The number of fused-ring (bicyclic) bond motifs is 1. The van der Waals surface area contributed by atoms with Crippen molar-refractivity contribution in [1.29, 1.82) is 0 Å². The van der Waals surface area contributed by atoms with Crippen LogP contribution in [0.1, 0.15) is 5.56 Å². The van der Waals surface area contributed by atoms with Gasteiger partial charge in [-0.1, -0.05) is 42.5 Å². The predicted octanol–water partition coefficient (Wildman–Crippen LogP) is 4.86. The smallest absolute Gasteiger partial charge is 0.258 e. The number of ether oxygens (including phenoxy) is 1. The molecule has 0 N–H and O–H groups in total. The Balaban J connectivity index is 1.78. The van der Waals surface area contributed by atoms with Crippen LogP contribution in [-0.4, -0.2) is 11.7 Å². The van der Waals surface area contributed by atoms with E-state index < -0.39 is 0 Å². The molecule has 3 aromatic carbocycles. The van der Waals surface area contributed by atoms with Crippen molar-refractivity contribution in [1.82, 2.24) is 4.57 Å². The number of halogens is 1. The fourth-order valence-electron chi connectivity index (χ4n) is 3.20. The quantitative estimate of drug-likeness (QED) is 0.521. The summed E-state index contributed by atoms with van der Waals surface area (Å²) < 4.78 is 21.3. The van der Waals surface area contributed by atoms with Gasteiger partial charge in [0.15, 0.2) is 0 Å². The second-order valence-corrected chi connectivity index (χ2v) is 6.38. The van der Waals surface area contributed by atoms with Gasteiger partial charge in [-0.25, -0.2) is 4.39 Å². The van der Waals surface area contributed by atoms with E-state index in [0.717, 1.165) is 16.9 Å². The molecule has 0 unspecified atom stereocenters. The summed E-state index contributed by atoms with van der Waals surface area (Å²) >= 11 is 0. The van der Waals surface area contributed by atoms with Crippen molar-refractivity contribution in [2.75, 3.05) is 7.11 Å². The van der Waals surface area contributed by atoms with Crippen LogP contribution in [0.4, 0.5) is 4.39 Å².